The van der Waals surface area contributed by atoms with Crippen LogP contribution in [0.1, 0.15) is 0 Å². The Bertz CT molecular complexity index is 426. The molecule has 0 bridgehead atoms. The van der Waals surface area contributed by atoms with E-state index in [-0.39, 0.29) is 11.6 Å². The average Bonchev–Trinajstić information content (AvgIpc) is 2.23. The zero-order chi connectivity index (χ0) is 12.1. The van der Waals surface area contributed by atoms with Crippen molar-refractivity contribution < 1.29 is 18.4 Å². The summed E-state index contributed by atoms with van der Waals surface area (Å²) in [4.78, 5) is 21.8. The van der Waals surface area contributed by atoms with Crippen LogP contribution in [0.4, 0.5) is 19.3 Å². The molecule has 86 valence electrons. The fourth-order valence-corrected chi connectivity index (χ4v) is 0.963. The molecular formula is C9H7ClF2N2O2. The molecule has 0 saturated heterocycles. The van der Waals surface area contributed by atoms with Crippen LogP contribution in [0.5, 0.6) is 0 Å². The number of hydrogen-bond acceptors (Lipinski definition) is 2. The predicted molar refractivity (Wildman–Crippen MR) is 54.2 cm³/mol. The molecule has 0 fully saturated rings. The highest BCUT2D eigenvalue weighted by Gasteiger charge is 2.08. The van der Waals surface area contributed by atoms with Crippen molar-refractivity contribution in [3.8, 4) is 0 Å². The van der Waals surface area contributed by atoms with Crippen molar-refractivity contribution in [3.63, 3.8) is 0 Å². The zero-order valence-corrected chi connectivity index (χ0v) is 8.65. The van der Waals surface area contributed by atoms with Gasteiger partial charge in [0, 0.05) is 11.8 Å². The molecule has 0 aliphatic rings. The fraction of sp³-hybridized carbons (Fsp3) is 0.111. The maximum absolute atomic E-state index is 12.7. The van der Waals surface area contributed by atoms with E-state index in [0.717, 1.165) is 18.2 Å². The van der Waals surface area contributed by atoms with Crippen LogP contribution in [0.3, 0.4) is 0 Å². The predicted octanol–water partition coefficient (Wildman–Crippen LogP) is 1.85. The van der Waals surface area contributed by atoms with Crippen molar-refractivity contribution in [2.45, 2.75) is 0 Å². The van der Waals surface area contributed by atoms with Crippen LogP contribution in [0.15, 0.2) is 18.2 Å². The Morgan fingerprint density at radius 2 is 1.94 bits per heavy atom. The first-order chi connectivity index (χ1) is 7.52. The number of alkyl halides is 1. The minimum Gasteiger partial charge on any atom is -0.308 e. The first kappa shape index (κ1) is 12.4. The molecule has 0 aliphatic heterocycles. The molecule has 0 atom stereocenters. The maximum atomic E-state index is 12.7. The largest absolute Gasteiger partial charge is 0.325 e. The summed E-state index contributed by atoms with van der Waals surface area (Å²) in [6.07, 6.45) is 0. The third kappa shape index (κ3) is 3.47. The van der Waals surface area contributed by atoms with Crippen molar-refractivity contribution in [1.82, 2.24) is 5.32 Å². The van der Waals surface area contributed by atoms with Gasteiger partial charge >= 0.3 is 6.03 Å². The number of benzene rings is 1. The molecule has 0 spiro atoms. The van der Waals surface area contributed by atoms with E-state index in [9.17, 15) is 18.4 Å². The number of amides is 3. The number of anilines is 1. The molecule has 0 aromatic heterocycles. The summed E-state index contributed by atoms with van der Waals surface area (Å²) in [5, 5.41) is 4.01. The van der Waals surface area contributed by atoms with Crippen LogP contribution in [0.25, 0.3) is 0 Å². The van der Waals surface area contributed by atoms with Gasteiger partial charge in [-0.05, 0) is 12.1 Å². The topological polar surface area (TPSA) is 58.2 Å². The summed E-state index contributed by atoms with van der Waals surface area (Å²) in [6, 6.07) is 1.94. The molecule has 0 aliphatic carbocycles. The summed E-state index contributed by atoms with van der Waals surface area (Å²) in [5.41, 5.74) is 0.0266. The molecule has 0 saturated carbocycles. The quantitative estimate of drug-likeness (QED) is 0.785. The molecule has 0 unspecified atom stereocenters. The van der Waals surface area contributed by atoms with Gasteiger partial charge in [0.05, 0.1) is 0 Å². The van der Waals surface area contributed by atoms with Crippen molar-refractivity contribution in [2.24, 2.45) is 0 Å². The van der Waals surface area contributed by atoms with Crippen molar-refractivity contribution in [2.75, 3.05) is 11.2 Å². The second-order valence-electron chi connectivity index (χ2n) is 2.76. The average molecular weight is 249 g/mol. The number of carbonyl (C=O) groups is 2. The SMILES string of the molecule is O=C(CCl)NC(=O)Nc1ccc(F)c(F)c1. The second kappa shape index (κ2) is 5.41. The maximum Gasteiger partial charge on any atom is 0.325 e. The van der Waals surface area contributed by atoms with Gasteiger partial charge in [-0.3, -0.25) is 10.1 Å². The van der Waals surface area contributed by atoms with Crippen molar-refractivity contribution in [1.29, 1.82) is 0 Å². The molecule has 3 amide bonds. The third-order valence-electron chi connectivity index (χ3n) is 1.55. The van der Waals surface area contributed by atoms with Crippen LogP contribution < -0.4 is 10.6 Å². The van der Waals surface area contributed by atoms with Gasteiger partial charge in [-0.15, -0.1) is 11.6 Å². The standard InChI is InChI=1S/C9H7ClF2N2O2/c10-4-8(15)14-9(16)13-5-1-2-6(11)7(12)3-5/h1-3H,4H2,(H2,13,14,15,16). The lowest BCUT2D eigenvalue weighted by atomic mass is 10.3. The Morgan fingerprint density at radius 1 is 1.25 bits per heavy atom. The number of carbonyl (C=O) groups excluding carboxylic acids is 2. The minimum absolute atomic E-state index is 0.0266. The number of urea groups is 1. The lowest BCUT2D eigenvalue weighted by Crippen LogP contribution is -2.35. The van der Waals surface area contributed by atoms with Crippen molar-refractivity contribution >= 4 is 29.2 Å². The number of rotatable bonds is 2. The molecular weight excluding hydrogens is 242 g/mol. The number of nitrogens with one attached hydrogen (secondary N) is 2. The van der Waals surface area contributed by atoms with Gasteiger partial charge in [-0.2, -0.15) is 0 Å². The first-order valence-corrected chi connectivity index (χ1v) is 4.68. The van der Waals surface area contributed by atoms with E-state index >= 15 is 0 Å². The summed E-state index contributed by atoms with van der Waals surface area (Å²) in [7, 11) is 0. The zero-order valence-electron chi connectivity index (χ0n) is 7.89. The summed E-state index contributed by atoms with van der Waals surface area (Å²) >= 11 is 5.14. The van der Waals surface area contributed by atoms with Crippen LogP contribution in [-0.2, 0) is 4.79 Å². The minimum atomic E-state index is -1.10. The second-order valence-corrected chi connectivity index (χ2v) is 3.03. The summed E-state index contributed by atoms with van der Waals surface area (Å²) in [5.74, 6) is -3.18. The first-order valence-electron chi connectivity index (χ1n) is 4.15. The van der Waals surface area contributed by atoms with Crippen LogP contribution in [-0.4, -0.2) is 17.8 Å². The molecule has 1 aromatic rings. The van der Waals surface area contributed by atoms with E-state index in [0.29, 0.717) is 0 Å². The highest BCUT2D eigenvalue weighted by molar-refractivity contribution is 6.28. The number of hydrogen-bond donors (Lipinski definition) is 2. The van der Waals surface area contributed by atoms with Gasteiger partial charge in [0.15, 0.2) is 11.6 Å². The Labute approximate surface area is 94.6 Å². The lowest BCUT2D eigenvalue weighted by molar-refractivity contribution is -0.117. The molecule has 0 radical (unpaired) electrons. The molecule has 4 nitrogen and oxygen atoms in total. The molecule has 0 heterocycles. The van der Waals surface area contributed by atoms with Crippen LogP contribution >= 0.6 is 11.6 Å². The van der Waals surface area contributed by atoms with Gasteiger partial charge < -0.3 is 5.32 Å². The smallest absolute Gasteiger partial charge is 0.308 e. The van der Waals surface area contributed by atoms with Gasteiger partial charge in [-0.25, -0.2) is 13.6 Å². The van der Waals surface area contributed by atoms with E-state index in [1.807, 2.05) is 5.32 Å². The molecule has 1 rings (SSSR count). The molecule has 2 N–H and O–H groups in total. The Balaban J connectivity index is 2.63. The van der Waals surface area contributed by atoms with Crippen LogP contribution in [0, 0.1) is 11.6 Å². The van der Waals surface area contributed by atoms with Gasteiger partial charge in [0.2, 0.25) is 5.91 Å². The summed E-state index contributed by atoms with van der Waals surface area (Å²) < 4.78 is 25.2. The van der Waals surface area contributed by atoms with Gasteiger partial charge in [0.1, 0.15) is 5.88 Å². The highest BCUT2D eigenvalue weighted by atomic mass is 35.5. The Morgan fingerprint density at radius 3 is 2.50 bits per heavy atom. The highest BCUT2D eigenvalue weighted by Crippen LogP contribution is 2.12. The van der Waals surface area contributed by atoms with E-state index in [2.05, 4.69) is 5.32 Å². The summed E-state index contributed by atoms with van der Waals surface area (Å²) in [6.45, 7) is 0. The van der Waals surface area contributed by atoms with E-state index in [1.54, 1.807) is 0 Å². The third-order valence-corrected chi connectivity index (χ3v) is 1.79. The van der Waals surface area contributed by atoms with Crippen molar-refractivity contribution in [3.05, 3.63) is 29.8 Å². The number of imide groups is 1. The molecule has 1 aromatic carbocycles. The lowest BCUT2D eigenvalue weighted by Gasteiger charge is -2.05. The van der Waals surface area contributed by atoms with E-state index in [1.165, 1.54) is 0 Å². The molecule has 7 heteroatoms. The Kier molecular flexibility index (Phi) is 4.19. The number of halogens is 3. The fourth-order valence-electron chi connectivity index (χ4n) is 0.896. The van der Waals surface area contributed by atoms with Gasteiger partial charge in [-0.1, -0.05) is 0 Å². The van der Waals surface area contributed by atoms with E-state index < -0.39 is 23.6 Å². The Hall–Kier alpha value is -1.69. The molecule has 16 heavy (non-hydrogen) atoms. The normalized spacial score (nSPS) is 9.69. The monoisotopic (exact) mass is 248 g/mol. The van der Waals surface area contributed by atoms with Crippen LogP contribution in [0.2, 0.25) is 0 Å². The van der Waals surface area contributed by atoms with E-state index in [4.69, 9.17) is 11.6 Å². The van der Waals surface area contributed by atoms with Gasteiger partial charge in [0.25, 0.3) is 0 Å².